The van der Waals surface area contributed by atoms with Gasteiger partial charge in [-0.1, -0.05) is 6.92 Å². The van der Waals surface area contributed by atoms with E-state index in [-0.39, 0.29) is 18.3 Å². The van der Waals surface area contributed by atoms with Gasteiger partial charge in [0.1, 0.15) is 5.69 Å². The second-order valence-corrected chi connectivity index (χ2v) is 4.35. The van der Waals surface area contributed by atoms with E-state index in [1.54, 1.807) is 0 Å². The Bertz CT molecular complexity index is 354. The van der Waals surface area contributed by atoms with E-state index in [0.717, 1.165) is 24.1 Å². The van der Waals surface area contributed by atoms with E-state index in [9.17, 15) is 4.79 Å². The van der Waals surface area contributed by atoms with Gasteiger partial charge in [-0.25, -0.2) is 0 Å². The Balaban J connectivity index is 0.00000256. The molecule has 0 aliphatic heterocycles. The van der Waals surface area contributed by atoms with Gasteiger partial charge in [-0.05, 0) is 35.5 Å². The molecule has 1 amide bonds. The van der Waals surface area contributed by atoms with Crippen LogP contribution in [0.2, 0.25) is 0 Å². The molecular formula is C11H19BrClN3O. The summed E-state index contributed by atoms with van der Waals surface area (Å²) < 4.78 is 2.86. The first-order valence-electron chi connectivity index (χ1n) is 5.53. The summed E-state index contributed by atoms with van der Waals surface area (Å²) in [6.45, 7) is 7.23. The number of amides is 1. The number of carbonyl (C=O) groups is 1. The van der Waals surface area contributed by atoms with Crippen LogP contribution in [0.3, 0.4) is 0 Å². The lowest BCUT2D eigenvalue weighted by Gasteiger charge is -2.07. The van der Waals surface area contributed by atoms with E-state index >= 15 is 0 Å². The van der Waals surface area contributed by atoms with Crippen molar-refractivity contribution in [3.8, 4) is 0 Å². The van der Waals surface area contributed by atoms with Crippen LogP contribution in [-0.4, -0.2) is 30.1 Å². The standard InChI is InChI=1S/C11H18BrN3O.ClH/c1-3-13-5-6-14-11(16)10-7-9(12)8-15(10)4-2;/h7-8,13H,3-6H2,1-2H3,(H,14,16);1H. The molecule has 0 atom stereocenters. The maximum absolute atomic E-state index is 11.8. The van der Waals surface area contributed by atoms with Gasteiger partial charge in [-0.2, -0.15) is 0 Å². The van der Waals surface area contributed by atoms with Crippen LogP contribution in [0.15, 0.2) is 16.7 Å². The molecule has 0 saturated carbocycles. The van der Waals surface area contributed by atoms with E-state index in [4.69, 9.17) is 0 Å². The molecule has 0 fully saturated rings. The van der Waals surface area contributed by atoms with Gasteiger partial charge in [0.05, 0.1) is 0 Å². The molecule has 4 nitrogen and oxygen atoms in total. The molecule has 0 aliphatic rings. The summed E-state index contributed by atoms with van der Waals surface area (Å²) >= 11 is 3.37. The zero-order chi connectivity index (χ0) is 12.0. The molecule has 1 aromatic rings. The van der Waals surface area contributed by atoms with Gasteiger partial charge in [0.2, 0.25) is 0 Å². The van der Waals surface area contributed by atoms with Gasteiger partial charge in [0.15, 0.2) is 0 Å². The first-order chi connectivity index (χ1) is 7.69. The number of likely N-dealkylation sites (N-methyl/N-ethyl adjacent to an activating group) is 1. The summed E-state index contributed by atoms with van der Waals surface area (Å²) in [5.41, 5.74) is 0.700. The number of nitrogens with one attached hydrogen (secondary N) is 2. The average molecular weight is 325 g/mol. The SMILES string of the molecule is CCNCCNC(=O)c1cc(Br)cn1CC.Cl. The summed E-state index contributed by atoms with van der Waals surface area (Å²) in [4.78, 5) is 11.8. The molecule has 1 heterocycles. The second kappa shape index (κ2) is 8.55. The minimum absolute atomic E-state index is 0. The van der Waals surface area contributed by atoms with E-state index in [2.05, 4.69) is 26.6 Å². The van der Waals surface area contributed by atoms with Crippen LogP contribution in [-0.2, 0) is 6.54 Å². The lowest BCUT2D eigenvalue weighted by atomic mass is 10.4. The molecule has 17 heavy (non-hydrogen) atoms. The molecule has 0 unspecified atom stereocenters. The smallest absolute Gasteiger partial charge is 0.267 e. The van der Waals surface area contributed by atoms with Crippen molar-refractivity contribution in [1.82, 2.24) is 15.2 Å². The minimum atomic E-state index is -0.0227. The Morgan fingerprint density at radius 3 is 2.71 bits per heavy atom. The van der Waals surface area contributed by atoms with E-state index in [1.165, 1.54) is 0 Å². The van der Waals surface area contributed by atoms with Crippen molar-refractivity contribution >= 4 is 34.2 Å². The molecule has 0 spiro atoms. The highest BCUT2D eigenvalue weighted by Crippen LogP contribution is 2.14. The molecule has 0 bridgehead atoms. The molecule has 98 valence electrons. The van der Waals surface area contributed by atoms with Crippen LogP contribution < -0.4 is 10.6 Å². The van der Waals surface area contributed by atoms with Gasteiger partial charge in [-0.15, -0.1) is 12.4 Å². The third kappa shape index (κ3) is 5.10. The normalized spacial score (nSPS) is 9.82. The molecule has 0 aliphatic carbocycles. The fraction of sp³-hybridized carbons (Fsp3) is 0.545. The van der Waals surface area contributed by atoms with Crippen molar-refractivity contribution in [2.24, 2.45) is 0 Å². The molecule has 0 aromatic carbocycles. The Kier molecular flexibility index (Phi) is 8.29. The molecule has 1 aromatic heterocycles. The lowest BCUT2D eigenvalue weighted by molar-refractivity contribution is 0.0945. The fourth-order valence-electron chi connectivity index (χ4n) is 1.46. The van der Waals surface area contributed by atoms with Crippen LogP contribution in [0.5, 0.6) is 0 Å². The number of hydrogen-bond acceptors (Lipinski definition) is 2. The van der Waals surface area contributed by atoms with Crippen molar-refractivity contribution in [1.29, 1.82) is 0 Å². The Labute approximate surface area is 117 Å². The lowest BCUT2D eigenvalue weighted by Crippen LogP contribution is -2.32. The van der Waals surface area contributed by atoms with Crippen molar-refractivity contribution < 1.29 is 4.79 Å². The topological polar surface area (TPSA) is 46.1 Å². The molecule has 0 radical (unpaired) electrons. The van der Waals surface area contributed by atoms with E-state index in [1.807, 2.05) is 30.7 Å². The number of nitrogens with zero attached hydrogens (tertiary/aromatic N) is 1. The predicted octanol–water partition coefficient (Wildman–Crippen LogP) is 2.03. The zero-order valence-electron chi connectivity index (χ0n) is 10.1. The Morgan fingerprint density at radius 2 is 2.12 bits per heavy atom. The number of aromatic nitrogens is 1. The molecule has 2 N–H and O–H groups in total. The minimum Gasteiger partial charge on any atom is -0.349 e. The maximum atomic E-state index is 11.8. The number of aryl methyl sites for hydroxylation is 1. The monoisotopic (exact) mass is 323 g/mol. The quantitative estimate of drug-likeness (QED) is 0.787. The molecule has 0 saturated heterocycles. The van der Waals surface area contributed by atoms with Crippen molar-refractivity contribution in [2.75, 3.05) is 19.6 Å². The summed E-state index contributed by atoms with van der Waals surface area (Å²) in [6.07, 6.45) is 1.92. The Hall–Kier alpha value is -0.520. The Morgan fingerprint density at radius 1 is 1.41 bits per heavy atom. The largest absolute Gasteiger partial charge is 0.349 e. The van der Waals surface area contributed by atoms with Gasteiger partial charge >= 0.3 is 0 Å². The summed E-state index contributed by atoms with van der Waals surface area (Å²) in [5, 5.41) is 6.04. The van der Waals surface area contributed by atoms with Crippen LogP contribution in [0.1, 0.15) is 24.3 Å². The second-order valence-electron chi connectivity index (χ2n) is 3.44. The highest BCUT2D eigenvalue weighted by atomic mass is 79.9. The third-order valence-corrected chi connectivity index (χ3v) is 2.71. The maximum Gasteiger partial charge on any atom is 0.267 e. The number of hydrogen-bond donors (Lipinski definition) is 2. The van der Waals surface area contributed by atoms with Gasteiger partial charge < -0.3 is 15.2 Å². The number of rotatable bonds is 6. The highest BCUT2D eigenvalue weighted by Gasteiger charge is 2.11. The summed E-state index contributed by atoms with van der Waals surface area (Å²) in [7, 11) is 0. The average Bonchev–Trinajstić information content (AvgIpc) is 2.65. The molecule has 6 heteroatoms. The van der Waals surface area contributed by atoms with Crippen LogP contribution in [0, 0.1) is 0 Å². The number of halogens is 2. The van der Waals surface area contributed by atoms with Crippen LogP contribution in [0.25, 0.3) is 0 Å². The van der Waals surface area contributed by atoms with Crippen molar-refractivity contribution in [2.45, 2.75) is 20.4 Å². The third-order valence-electron chi connectivity index (χ3n) is 2.27. The first kappa shape index (κ1) is 16.5. The van der Waals surface area contributed by atoms with Gasteiger partial charge in [0.25, 0.3) is 5.91 Å². The van der Waals surface area contributed by atoms with Crippen LogP contribution in [0.4, 0.5) is 0 Å². The van der Waals surface area contributed by atoms with Crippen LogP contribution >= 0.6 is 28.3 Å². The molecular weight excluding hydrogens is 305 g/mol. The van der Waals surface area contributed by atoms with Gasteiger partial charge in [0, 0.05) is 30.3 Å². The highest BCUT2D eigenvalue weighted by molar-refractivity contribution is 9.10. The number of carbonyl (C=O) groups excluding carboxylic acids is 1. The van der Waals surface area contributed by atoms with Crippen molar-refractivity contribution in [3.63, 3.8) is 0 Å². The summed E-state index contributed by atoms with van der Waals surface area (Å²) in [6, 6.07) is 1.84. The van der Waals surface area contributed by atoms with Crippen molar-refractivity contribution in [3.05, 3.63) is 22.4 Å². The van der Waals surface area contributed by atoms with Gasteiger partial charge in [-0.3, -0.25) is 4.79 Å². The summed E-state index contributed by atoms with van der Waals surface area (Å²) in [5.74, 6) is -0.0227. The first-order valence-corrected chi connectivity index (χ1v) is 6.33. The predicted molar refractivity (Wildman–Crippen MR) is 75.9 cm³/mol. The van der Waals surface area contributed by atoms with E-state index in [0.29, 0.717) is 12.2 Å². The fourth-order valence-corrected chi connectivity index (χ4v) is 1.92. The molecule has 1 rings (SSSR count). The van der Waals surface area contributed by atoms with E-state index < -0.39 is 0 Å². The zero-order valence-corrected chi connectivity index (χ0v) is 12.5.